The lowest BCUT2D eigenvalue weighted by Gasteiger charge is -2.25. The zero-order valence-electron chi connectivity index (χ0n) is 14.6. The van der Waals surface area contributed by atoms with Gasteiger partial charge in [-0.2, -0.15) is 0 Å². The lowest BCUT2D eigenvalue weighted by atomic mass is 10.00. The van der Waals surface area contributed by atoms with Crippen LogP contribution in [0.1, 0.15) is 69.5 Å². The summed E-state index contributed by atoms with van der Waals surface area (Å²) < 4.78 is 10.3. The normalized spacial score (nSPS) is 14.0. The number of nitrogens with zero attached hydrogens (tertiary/aromatic N) is 1. The molecule has 2 atom stereocenters. The van der Waals surface area contributed by atoms with Gasteiger partial charge in [-0.1, -0.05) is 20.3 Å². The molecule has 0 aromatic carbocycles. The molecule has 1 aromatic rings. The molecule has 1 amide bonds. The zero-order chi connectivity index (χ0) is 17.6. The average Bonchev–Trinajstić information content (AvgIpc) is 2.92. The van der Waals surface area contributed by atoms with Crippen LogP contribution >= 0.6 is 11.3 Å². The maximum Gasteiger partial charge on any atom is 0.408 e. The highest BCUT2D eigenvalue weighted by Gasteiger charge is 2.27. The lowest BCUT2D eigenvalue weighted by molar-refractivity contribution is 0.0486. The second-order valence-electron chi connectivity index (χ2n) is 6.30. The largest absolute Gasteiger partial charge is 0.461 e. The van der Waals surface area contributed by atoms with Crippen LogP contribution < -0.4 is 5.32 Å². The number of aromatic nitrogens is 1. The second kappa shape index (κ2) is 8.29. The fourth-order valence-corrected chi connectivity index (χ4v) is 2.82. The topological polar surface area (TPSA) is 77.5 Å². The van der Waals surface area contributed by atoms with Crippen molar-refractivity contribution in [2.45, 2.75) is 59.6 Å². The Morgan fingerprint density at radius 2 is 2.00 bits per heavy atom. The number of thiazole rings is 1. The molecule has 1 rings (SSSR count). The highest BCUT2D eigenvalue weighted by molar-refractivity contribution is 7.09. The van der Waals surface area contributed by atoms with Crippen LogP contribution in [0.25, 0.3) is 0 Å². The molecule has 0 saturated heterocycles. The van der Waals surface area contributed by atoms with Gasteiger partial charge in [0, 0.05) is 5.38 Å². The monoisotopic (exact) mass is 342 g/mol. The first-order valence-electron chi connectivity index (χ1n) is 7.80. The quantitative estimate of drug-likeness (QED) is 0.793. The fraction of sp³-hybridized carbons (Fsp3) is 0.688. The minimum Gasteiger partial charge on any atom is -0.461 e. The van der Waals surface area contributed by atoms with Crippen LogP contribution in [0.4, 0.5) is 4.79 Å². The van der Waals surface area contributed by atoms with Gasteiger partial charge in [-0.25, -0.2) is 14.6 Å². The first-order chi connectivity index (χ1) is 10.7. The molecule has 6 nitrogen and oxygen atoms in total. The number of alkyl carbamates (subject to hydrolysis) is 1. The van der Waals surface area contributed by atoms with Crippen molar-refractivity contribution in [2.24, 2.45) is 5.92 Å². The SMILES string of the molecule is CCOC(=O)c1csc([C@H](NC(=O)OC(C)(C)C)[C@@H](C)CC)n1. The van der Waals surface area contributed by atoms with E-state index in [1.165, 1.54) is 11.3 Å². The Balaban J connectivity index is 2.90. The van der Waals surface area contributed by atoms with Gasteiger partial charge in [-0.15, -0.1) is 11.3 Å². The summed E-state index contributed by atoms with van der Waals surface area (Å²) in [6.45, 7) is 11.5. The van der Waals surface area contributed by atoms with E-state index in [0.29, 0.717) is 11.6 Å². The highest BCUT2D eigenvalue weighted by Crippen LogP contribution is 2.28. The van der Waals surface area contributed by atoms with Crippen molar-refractivity contribution in [3.8, 4) is 0 Å². The number of nitrogens with one attached hydrogen (secondary N) is 1. The smallest absolute Gasteiger partial charge is 0.408 e. The van der Waals surface area contributed by atoms with E-state index in [4.69, 9.17) is 9.47 Å². The maximum atomic E-state index is 12.1. The Morgan fingerprint density at radius 3 is 2.52 bits per heavy atom. The molecule has 0 aliphatic carbocycles. The van der Waals surface area contributed by atoms with E-state index in [1.54, 1.807) is 12.3 Å². The van der Waals surface area contributed by atoms with Gasteiger partial charge < -0.3 is 14.8 Å². The van der Waals surface area contributed by atoms with E-state index in [2.05, 4.69) is 10.3 Å². The Bertz CT molecular complexity index is 536. The van der Waals surface area contributed by atoms with Crippen LogP contribution in [0.3, 0.4) is 0 Å². The summed E-state index contributed by atoms with van der Waals surface area (Å²) in [5.41, 5.74) is -0.297. The van der Waals surface area contributed by atoms with E-state index in [9.17, 15) is 9.59 Å². The van der Waals surface area contributed by atoms with Gasteiger partial charge in [0.05, 0.1) is 12.6 Å². The summed E-state index contributed by atoms with van der Waals surface area (Å²) in [6.07, 6.45) is 0.366. The van der Waals surface area contributed by atoms with Gasteiger partial charge in [-0.3, -0.25) is 0 Å². The van der Waals surface area contributed by atoms with Crippen LogP contribution in [-0.2, 0) is 9.47 Å². The third-order valence-corrected chi connectivity index (χ3v) is 4.09. The summed E-state index contributed by atoms with van der Waals surface area (Å²) in [7, 11) is 0. The van der Waals surface area contributed by atoms with Crippen LogP contribution in [-0.4, -0.2) is 29.3 Å². The van der Waals surface area contributed by atoms with Crippen LogP contribution in [0.15, 0.2) is 5.38 Å². The van der Waals surface area contributed by atoms with Gasteiger partial charge in [0.1, 0.15) is 10.6 Å². The van der Waals surface area contributed by atoms with E-state index < -0.39 is 17.7 Å². The predicted molar refractivity (Wildman–Crippen MR) is 89.6 cm³/mol. The molecule has 0 unspecified atom stereocenters. The molecule has 0 spiro atoms. The molecule has 1 aromatic heterocycles. The number of carbonyl (C=O) groups is 2. The molecule has 7 heteroatoms. The number of carbonyl (C=O) groups excluding carboxylic acids is 2. The molecular formula is C16H26N2O4S. The summed E-state index contributed by atoms with van der Waals surface area (Å²) in [5.74, 6) is -0.293. The minimum absolute atomic E-state index is 0.156. The minimum atomic E-state index is -0.566. The molecule has 1 N–H and O–H groups in total. The van der Waals surface area contributed by atoms with Crippen molar-refractivity contribution < 1.29 is 19.1 Å². The molecule has 0 aliphatic heterocycles. The molecule has 23 heavy (non-hydrogen) atoms. The van der Waals surface area contributed by atoms with Gasteiger partial charge in [0.25, 0.3) is 0 Å². The third-order valence-electron chi connectivity index (χ3n) is 3.16. The molecular weight excluding hydrogens is 316 g/mol. The molecule has 130 valence electrons. The van der Waals surface area contributed by atoms with Crippen molar-refractivity contribution in [2.75, 3.05) is 6.61 Å². The number of hydrogen-bond donors (Lipinski definition) is 1. The number of esters is 1. The molecule has 0 aliphatic rings. The maximum absolute atomic E-state index is 12.1. The third kappa shape index (κ3) is 6.17. The van der Waals surface area contributed by atoms with Crippen LogP contribution in [0.5, 0.6) is 0 Å². The molecule has 0 radical (unpaired) electrons. The van der Waals surface area contributed by atoms with E-state index >= 15 is 0 Å². The number of hydrogen-bond acceptors (Lipinski definition) is 6. The van der Waals surface area contributed by atoms with E-state index in [-0.39, 0.29) is 17.7 Å². The van der Waals surface area contributed by atoms with Crippen molar-refractivity contribution in [3.63, 3.8) is 0 Å². The van der Waals surface area contributed by atoms with Gasteiger partial charge in [0.15, 0.2) is 5.69 Å². The Kier molecular flexibility index (Phi) is 7.00. The second-order valence-corrected chi connectivity index (χ2v) is 7.19. The van der Waals surface area contributed by atoms with Gasteiger partial charge >= 0.3 is 12.1 Å². The summed E-state index contributed by atoms with van der Waals surface area (Å²) >= 11 is 1.33. The standard InChI is InChI=1S/C16H26N2O4S/c1-7-10(3)12(18-15(20)22-16(4,5)6)13-17-11(9-23-13)14(19)21-8-2/h9-10,12H,7-8H2,1-6H3,(H,18,20)/t10-,12+/m0/s1. The lowest BCUT2D eigenvalue weighted by Crippen LogP contribution is -2.37. The highest BCUT2D eigenvalue weighted by atomic mass is 32.1. The van der Waals surface area contributed by atoms with Crippen LogP contribution in [0.2, 0.25) is 0 Å². The number of rotatable bonds is 6. The van der Waals surface area contributed by atoms with Gasteiger partial charge in [-0.05, 0) is 33.6 Å². The average molecular weight is 342 g/mol. The van der Waals surface area contributed by atoms with Crippen molar-refractivity contribution in [3.05, 3.63) is 16.1 Å². The van der Waals surface area contributed by atoms with Crippen LogP contribution in [0, 0.1) is 5.92 Å². The Labute approximate surface area is 141 Å². The predicted octanol–water partition coefficient (Wildman–Crippen LogP) is 3.93. The van der Waals surface area contributed by atoms with Crippen molar-refractivity contribution in [1.82, 2.24) is 10.3 Å². The Hall–Kier alpha value is -1.63. The first-order valence-corrected chi connectivity index (χ1v) is 8.68. The molecule has 0 bridgehead atoms. The molecule has 0 fully saturated rings. The fourth-order valence-electron chi connectivity index (χ4n) is 1.85. The summed E-state index contributed by atoms with van der Waals surface area (Å²) in [4.78, 5) is 28.1. The Morgan fingerprint density at radius 1 is 1.35 bits per heavy atom. The molecule has 0 saturated carbocycles. The van der Waals surface area contributed by atoms with Crippen molar-refractivity contribution in [1.29, 1.82) is 0 Å². The zero-order valence-corrected chi connectivity index (χ0v) is 15.5. The first kappa shape index (κ1) is 19.4. The molecule has 1 heterocycles. The number of amides is 1. The van der Waals surface area contributed by atoms with Crippen molar-refractivity contribution >= 4 is 23.4 Å². The summed E-state index contributed by atoms with van der Waals surface area (Å²) in [6, 6.07) is -0.303. The van der Waals surface area contributed by atoms with E-state index in [1.807, 2.05) is 34.6 Å². The summed E-state index contributed by atoms with van der Waals surface area (Å²) in [5, 5.41) is 5.19. The van der Waals surface area contributed by atoms with E-state index in [0.717, 1.165) is 6.42 Å². The number of ether oxygens (including phenoxy) is 2. The van der Waals surface area contributed by atoms with Gasteiger partial charge in [0.2, 0.25) is 0 Å².